The van der Waals surface area contributed by atoms with Crippen LogP contribution in [0.25, 0.3) is 0 Å². The van der Waals surface area contributed by atoms with Gasteiger partial charge >= 0.3 is 16.3 Å². The summed E-state index contributed by atoms with van der Waals surface area (Å²) in [6.07, 6.45) is -4.58. The normalized spacial score (nSPS) is 11.7. The molecule has 2 aromatic carbocycles. The first kappa shape index (κ1) is 20.1. The van der Waals surface area contributed by atoms with Crippen LogP contribution in [-0.4, -0.2) is 15.0 Å². The number of hydrogen-bond acceptors (Lipinski definition) is 5. The lowest BCUT2D eigenvalue weighted by molar-refractivity contribution is -0.137. The number of halogens is 4. The second-order valence-electron chi connectivity index (χ2n) is 4.89. The Kier molecular flexibility index (Phi) is 5.83. The quantitative estimate of drug-likeness (QED) is 0.627. The Labute approximate surface area is 156 Å². The van der Waals surface area contributed by atoms with Crippen LogP contribution in [-0.2, 0) is 16.3 Å². The fraction of sp³-hybridized carbons (Fsp3) is 0.188. The van der Waals surface area contributed by atoms with E-state index in [0.29, 0.717) is 12.1 Å². The molecule has 0 amide bonds. The van der Waals surface area contributed by atoms with Crippen LogP contribution < -0.4 is 8.92 Å². The van der Waals surface area contributed by atoms with E-state index in [-0.39, 0.29) is 28.1 Å². The summed E-state index contributed by atoms with van der Waals surface area (Å²) in [4.78, 5) is -0.454. The molecule has 0 aliphatic rings. The largest absolute Gasteiger partial charge is 0.490 e. The Bertz CT molecular complexity index is 951. The van der Waals surface area contributed by atoms with Gasteiger partial charge in [0.25, 0.3) is 0 Å². The van der Waals surface area contributed by atoms with E-state index in [2.05, 4.69) is 15.9 Å². The summed E-state index contributed by atoms with van der Waals surface area (Å²) in [7, 11) is -4.42. The molecule has 0 N–H and O–H groups in total. The zero-order valence-corrected chi connectivity index (χ0v) is 15.6. The van der Waals surface area contributed by atoms with Gasteiger partial charge < -0.3 is 8.92 Å². The highest BCUT2D eigenvalue weighted by atomic mass is 79.9. The van der Waals surface area contributed by atoms with Crippen LogP contribution >= 0.6 is 15.9 Å². The third-order valence-electron chi connectivity index (χ3n) is 3.10. The van der Waals surface area contributed by atoms with Crippen LogP contribution in [0.2, 0.25) is 0 Å². The van der Waals surface area contributed by atoms with Crippen molar-refractivity contribution in [1.29, 1.82) is 5.26 Å². The van der Waals surface area contributed by atoms with Gasteiger partial charge in [0.1, 0.15) is 4.90 Å². The van der Waals surface area contributed by atoms with Crippen LogP contribution in [0.4, 0.5) is 13.2 Å². The molecule has 2 rings (SSSR count). The van der Waals surface area contributed by atoms with Crippen molar-refractivity contribution in [2.75, 3.05) is 6.61 Å². The van der Waals surface area contributed by atoms with Crippen molar-refractivity contribution < 1.29 is 30.5 Å². The number of rotatable bonds is 5. The lowest BCUT2D eigenvalue weighted by Crippen LogP contribution is -2.12. The third kappa shape index (κ3) is 4.47. The van der Waals surface area contributed by atoms with Crippen molar-refractivity contribution in [3.63, 3.8) is 0 Å². The molecule has 26 heavy (non-hydrogen) atoms. The maximum absolute atomic E-state index is 12.6. The van der Waals surface area contributed by atoms with E-state index in [4.69, 9.17) is 14.2 Å². The summed E-state index contributed by atoms with van der Waals surface area (Å²) in [5.74, 6) is -0.195. The van der Waals surface area contributed by atoms with Crippen LogP contribution in [0, 0.1) is 11.3 Å². The molecule has 0 saturated carbocycles. The molecule has 0 fully saturated rings. The second-order valence-corrected chi connectivity index (χ2v) is 7.29. The maximum atomic E-state index is 12.6. The first-order valence-electron chi connectivity index (χ1n) is 7.06. The Morgan fingerprint density at radius 3 is 2.31 bits per heavy atom. The lowest BCUT2D eigenvalue weighted by atomic mass is 10.2. The first-order chi connectivity index (χ1) is 12.1. The molecule has 5 nitrogen and oxygen atoms in total. The molecule has 0 aliphatic carbocycles. The van der Waals surface area contributed by atoms with Gasteiger partial charge in [-0.3, -0.25) is 0 Å². The molecule has 0 radical (unpaired) electrons. The summed E-state index contributed by atoms with van der Waals surface area (Å²) in [6.45, 7) is 1.83. The van der Waals surface area contributed by atoms with Gasteiger partial charge in [-0.15, -0.1) is 0 Å². The van der Waals surface area contributed by atoms with Crippen molar-refractivity contribution in [3.8, 4) is 17.6 Å². The van der Waals surface area contributed by atoms with E-state index in [1.165, 1.54) is 12.1 Å². The molecule has 2 aromatic rings. The number of alkyl halides is 3. The van der Waals surface area contributed by atoms with E-state index in [9.17, 15) is 21.6 Å². The second kappa shape index (κ2) is 7.55. The van der Waals surface area contributed by atoms with Gasteiger partial charge in [-0.1, -0.05) is 0 Å². The highest BCUT2D eigenvalue weighted by Crippen LogP contribution is 2.39. The number of nitriles is 1. The minimum atomic E-state index is -4.58. The molecule has 10 heteroatoms. The fourth-order valence-electron chi connectivity index (χ4n) is 1.94. The molecular formula is C16H11BrF3NO4S. The van der Waals surface area contributed by atoms with Crippen LogP contribution in [0.3, 0.4) is 0 Å². The topological polar surface area (TPSA) is 76.4 Å². The number of benzene rings is 2. The average molecular weight is 450 g/mol. The highest BCUT2D eigenvalue weighted by molar-refractivity contribution is 9.10. The highest BCUT2D eigenvalue weighted by Gasteiger charge is 2.31. The molecule has 0 spiro atoms. The van der Waals surface area contributed by atoms with Gasteiger partial charge in [0.15, 0.2) is 11.5 Å². The van der Waals surface area contributed by atoms with Gasteiger partial charge in [-0.2, -0.15) is 26.9 Å². The lowest BCUT2D eigenvalue weighted by Gasteiger charge is -2.14. The van der Waals surface area contributed by atoms with Gasteiger partial charge in [0.05, 0.1) is 28.3 Å². The Morgan fingerprint density at radius 1 is 1.19 bits per heavy atom. The molecule has 0 atom stereocenters. The Hall–Kier alpha value is -2.25. The monoisotopic (exact) mass is 449 g/mol. The molecule has 0 heterocycles. The van der Waals surface area contributed by atoms with Gasteiger partial charge in [-0.05, 0) is 53.2 Å². The van der Waals surface area contributed by atoms with Crippen molar-refractivity contribution in [3.05, 3.63) is 52.0 Å². The fourth-order valence-corrected chi connectivity index (χ4v) is 3.53. The molecule has 0 unspecified atom stereocenters. The summed E-state index contributed by atoms with van der Waals surface area (Å²) >= 11 is 3.10. The molecular weight excluding hydrogens is 439 g/mol. The molecule has 0 aromatic heterocycles. The minimum absolute atomic E-state index is 0.00825. The standard InChI is InChI=1S/C16H11BrF3NO4S/c1-2-24-14-8-10(9-21)7-13(17)15(14)25-26(22,23)12-5-3-11(4-6-12)16(18,19)20/h3-8H,2H2,1H3. The van der Waals surface area contributed by atoms with Crippen molar-refractivity contribution in [2.24, 2.45) is 0 Å². The van der Waals surface area contributed by atoms with Crippen LogP contribution in [0.15, 0.2) is 45.8 Å². The molecule has 138 valence electrons. The van der Waals surface area contributed by atoms with Crippen molar-refractivity contribution in [2.45, 2.75) is 18.0 Å². The van der Waals surface area contributed by atoms with E-state index in [0.717, 1.165) is 12.1 Å². The Morgan fingerprint density at radius 2 is 1.81 bits per heavy atom. The minimum Gasteiger partial charge on any atom is -0.490 e. The molecule has 0 bridgehead atoms. The van der Waals surface area contributed by atoms with Crippen LogP contribution in [0.5, 0.6) is 11.5 Å². The number of hydrogen-bond donors (Lipinski definition) is 0. The predicted octanol–water partition coefficient (Wildman–Crippen LogP) is 4.51. The summed E-state index contributed by atoms with van der Waals surface area (Å²) < 4.78 is 73.0. The van der Waals surface area contributed by atoms with Crippen molar-refractivity contribution in [1.82, 2.24) is 0 Å². The SMILES string of the molecule is CCOc1cc(C#N)cc(Br)c1OS(=O)(=O)c1ccc(C(F)(F)F)cc1. The van der Waals surface area contributed by atoms with Gasteiger partial charge in [0, 0.05) is 6.07 Å². The third-order valence-corrected chi connectivity index (χ3v) is 4.93. The van der Waals surface area contributed by atoms with Gasteiger partial charge in [0.2, 0.25) is 0 Å². The predicted molar refractivity (Wildman–Crippen MR) is 89.3 cm³/mol. The number of nitrogens with zero attached hydrogens (tertiary/aromatic N) is 1. The Balaban J connectivity index is 2.42. The zero-order chi connectivity index (χ0) is 19.5. The molecule has 0 aliphatic heterocycles. The van der Waals surface area contributed by atoms with E-state index in [1.54, 1.807) is 6.92 Å². The first-order valence-corrected chi connectivity index (χ1v) is 9.27. The summed E-state index contributed by atoms with van der Waals surface area (Å²) in [5.41, 5.74) is -0.773. The van der Waals surface area contributed by atoms with E-state index in [1.807, 2.05) is 6.07 Å². The van der Waals surface area contributed by atoms with Crippen LogP contribution in [0.1, 0.15) is 18.1 Å². The van der Waals surface area contributed by atoms with E-state index >= 15 is 0 Å². The summed E-state index contributed by atoms with van der Waals surface area (Å²) in [6, 6.07) is 7.41. The number of ether oxygens (including phenoxy) is 1. The van der Waals surface area contributed by atoms with Gasteiger partial charge in [-0.25, -0.2) is 0 Å². The zero-order valence-electron chi connectivity index (χ0n) is 13.2. The smallest absolute Gasteiger partial charge is 0.416 e. The maximum Gasteiger partial charge on any atom is 0.416 e. The van der Waals surface area contributed by atoms with E-state index < -0.39 is 26.8 Å². The average Bonchev–Trinajstić information content (AvgIpc) is 2.57. The van der Waals surface area contributed by atoms with Crippen molar-refractivity contribution >= 4 is 26.0 Å². The summed E-state index contributed by atoms with van der Waals surface area (Å²) in [5, 5.41) is 8.97. The molecule has 0 saturated heterocycles.